The number of nitrogens with one attached hydrogen (secondary N) is 1. The minimum absolute atomic E-state index is 0.0234. The molecule has 1 N–H and O–H groups in total. The molecule has 0 saturated carbocycles. The van der Waals surface area contributed by atoms with Crippen LogP contribution in [0.5, 0.6) is 0 Å². The van der Waals surface area contributed by atoms with Gasteiger partial charge in [-0.3, -0.25) is 9.59 Å². The number of fused-ring (bicyclic) bond motifs is 1. The zero-order chi connectivity index (χ0) is 16.4. The zero-order valence-electron chi connectivity index (χ0n) is 14.1. The molecular weight excluding hydrogens is 288 g/mol. The van der Waals surface area contributed by atoms with Crippen LogP contribution in [0.1, 0.15) is 50.7 Å². The Morgan fingerprint density at radius 1 is 1.26 bits per heavy atom. The maximum absolute atomic E-state index is 12.5. The lowest BCUT2D eigenvalue weighted by Gasteiger charge is -2.26. The fourth-order valence-electron chi connectivity index (χ4n) is 3.88. The van der Waals surface area contributed by atoms with E-state index < -0.39 is 0 Å². The number of carbonyl (C=O) groups is 2. The molecule has 124 valence electrons. The van der Waals surface area contributed by atoms with Crippen LogP contribution in [0.4, 0.5) is 5.69 Å². The lowest BCUT2D eigenvalue weighted by Crippen LogP contribution is -2.36. The Kier molecular flexibility index (Phi) is 4.69. The first-order chi connectivity index (χ1) is 11.1. The third-order valence-electron chi connectivity index (χ3n) is 5.28. The highest BCUT2D eigenvalue weighted by atomic mass is 16.2. The summed E-state index contributed by atoms with van der Waals surface area (Å²) in [6.45, 7) is 4.75. The molecule has 1 heterocycles. The van der Waals surface area contributed by atoms with Gasteiger partial charge in [0.25, 0.3) is 0 Å². The van der Waals surface area contributed by atoms with E-state index in [-0.39, 0.29) is 23.8 Å². The number of anilines is 1. The first kappa shape index (κ1) is 16.0. The Hall–Kier alpha value is -1.84. The van der Waals surface area contributed by atoms with Crippen LogP contribution in [0, 0.1) is 5.92 Å². The molecule has 4 nitrogen and oxygen atoms in total. The fraction of sp³-hybridized carbons (Fsp3) is 0.579. The van der Waals surface area contributed by atoms with E-state index in [0.717, 1.165) is 31.4 Å². The fourth-order valence-corrected chi connectivity index (χ4v) is 3.88. The molecule has 2 amide bonds. The summed E-state index contributed by atoms with van der Waals surface area (Å²) < 4.78 is 0. The molecule has 23 heavy (non-hydrogen) atoms. The number of benzene rings is 1. The molecule has 1 aliphatic heterocycles. The van der Waals surface area contributed by atoms with E-state index in [2.05, 4.69) is 31.3 Å². The molecule has 0 aromatic heterocycles. The van der Waals surface area contributed by atoms with E-state index in [1.54, 1.807) is 0 Å². The molecule has 1 aliphatic carbocycles. The molecule has 0 bridgehead atoms. The summed E-state index contributed by atoms with van der Waals surface area (Å²) in [5, 5.41) is 3.01. The number of nitrogens with zero attached hydrogens (tertiary/aromatic N) is 1. The number of carbonyl (C=O) groups excluding carboxylic acids is 2. The summed E-state index contributed by atoms with van der Waals surface area (Å²) in [7, 11) is 0. The first-order valence-electron chi connectivity index (χ1n) is 8.84. The molecule has 3 rings (SSSR count). The van der Waals surface area contributed by atoms with Gasteiger partial charge in [-0.05, 0) is 55.4 Å². The number of hydrogen-bond acceptors (Lipinski definition) is 2. The third-order valence-corrected chi connectivity index (χ3v) is 5.28. The number of rotatable bonds is 5. The van der Waals surface area contributed by atoms with Crippen LogP contribution in [0.15, 0.2) is 18.2 Å². The smallest absolute Gasteiger partial charge is 0.229 e. The van der Waals surface area contributed by atoms with Crippen molar-refractivity contribution in [3.8, 4) is 0 Å². The monoisotopic (exact) mass is 314 g/mol. The molecule has 0 spiro atoms. The second-order valence-corrected chi connectivity index (χ2v) is 6.74. The van der Waals surface area contributed by atoms with Gasteiger partial charge in [0.15, 0.2) is 0 Å². The molecule has 1 atom stereocenters. The van der Waals surface area contributed by atoms with Crippen LogP contribution < -0.4 is 5.32 Å². The van der Waals surface area contributed by atoms with E-state index >= 15 is 0 Å². The largest absolute Gasteiger partial charge is 0.339 e. The van der Waals surface area contributed by atoms with E-state index in [1.807, 2.05) is 11.0 Å². The van der Waals surface area contributed by atoms with Crippen molar-refractivity contribution in [2.24, 2.45) is 5.92 Å². The highest BCUT2D eigenvalue weighted by Crippen LogP contribution is 2.27. The highest BCUT2D eigenvalue weighted by molar-refractivity contribution is 5.97. The molecule has 1 fully saturated rings. The molecule has 2 aliphatic rings. The van der Waals surface area contributed by atoms with Gasteiger partial charge in [-0.2, -0.15) is 0 Å². The quantitative estimate of drug-likeness (QED) is 0.907. The average molecular weight is 314 g/mol. The minimum Gasteiger partial charge on any atom is -0.339 e. The second-order valence-electron chi connectivity index (χ2n) is 6.74. The molecule has 1 unspecified atom stereocenters. The van der Waals surface area contributed by atoms with Crippen LogP contribution in [-0.2, 0) is 22.4 Å². The molecule has 0 radical (unpaired) electrons. The lowest BCUT2D eigenvalue weighted by atomic mass is 10.1. The topological polar surface area (TPSA) is 49.4 Å². The first-order valence-corrected chi connectivity index (χ1v) is 8.84. The normalized spacial score (nSPS) is 20.2. The van der Waals surface area contributed by atoms with Gasteiger partial charge in [-0.1, -0.05) is 19.9 Å². The summed E-state index contributed by atoms with van der Waals surface area (Å²) in [4.78, 5) is 26.6. The van der Waals surface area contributed by atoms with Crippen molar-refractivity contribution in [2.75, 3.05) is 11.9 Å². The highest BCUT2D eigenvalue weighted by Gasteiger charge is 2.36. The van der Waals surface area contributed by atoms with Gasteiger partial charge in [-0.15, -0.1) is 0 Å². The number of aryl methyl sites for hydroxylation is 2. The Morgan fingerprint density at radius 2 is 2.00 bits per heavy atom. The molecule has 1 aromatic carbocycles. The zero-order valence-corrected chi connectivity index (χ0v) is 14.1. The Balaban J connectivity index is 1.64. The number of likely N-dealkylation sites (tertiary alicyclic amines) is 1. The summed E-state index contributed by atoms with van der Waals surface area (Å²) >= 11 is 0. The maximum Gasteiger partial charge on any atom is 0.229 e. The SMILES string of the molecule is CCC(CC)N1CC(C(=O)Nc2ccc3c(c2)CCC3)CC1=O. The summed E-state index contributed by atoms with van der Waals surface area (Å²) in [5.74, 6) is -0.131. The number of amides is 2. The van der Waals surface area contributed by atoms with Crippen LogP contribution >= 0.6 is 0 Å². The van der Waals surface area contributed by atoms with Crippen LogP contribution in [0.25, 0.3) is 0 Å². The van der Waals surface area contributed by atoms with Crippen molar-refractivity contribution >= 4 is 17.5 Å². The Labute approximate surface area is 138 Å². The van der Waals surface area contributed by atoms with Crippen molar-refractivity contribution in [1.82, 2.24) is 4.90 Å². The van der Waals surface area contributed by atoms with Gasteiger partial charge in [0.05, 0.1) is 5.92 Å². The molecular formula is C19H26N2O2. The summed E-state index contributed by atoms with van der Waals surface area (Å²) in [6.07, 6.45) is 5.68. The Morgan fingerprint density at radius 3 is 2.74 bits per heavy atom. The molecule has 4 heteroatoms. The van der Waals surface area contributed by atoms with E-state index in [4.69, 9.17) is 0 Å². The van der Waals surface area contributed by atoms with Gasteiger partial charge in [0, 0.05) is 24.7 Å². The standard InChI is InChI=1S/C19H26N2O2/c1-3-17(4-2)21-12-15(11-18(21)22)19(23)20-16-9-8-13-6-5-7-14(13)10-16/h8-10,15,17H,3-7,11-12H2,1-2H3,(H,20,23). The number of hydrogen-bond donors (Lipinski definition) is 1. The van der Waals surface area contributed by atoms with E-state index in [1.165, 1.54) is 17.5 Å². The van der Waals surface area contributed by atoms with Crippen molar-refractivity contribution < 1.29 is 9.59 Å². The van der Waals surface area contributed by atoms with Crippen LogP contribution in [0.2, 0.25) is 0 Å². The average Bonchev–Trinajstić information content (AvgIpc) is 3.15. The maximum atomic E-state index is 12.5. The van der Waals surface area contributed by atoms with Crippen molar-refractivity contribution in [2.45, 2.75) is 58.4 Å². The minimum atomic E-state index is -0.226. The van der Waals surface area contributed by atoms with E-state index in [0.29, 0.717) is 13.0 Å². The van der Waals surface area contributed by atoms with Crippen molar-refractivity contribution in [3.05, 3.63) is 29.3 Å². The predicted octanol–water partition coefficient (Wildman–Crippen LogP) is 3.15. The van der Waals surface area contributed by atoms with Gasteiger partial charge < -0.3 is 10.2 Å². The predicted molar refractivity (Wildman–Crippen MR) is 91.3 cm³/mol. The van der Waals surface area contributed by atoms with E-state index in [9.17, 15) is 9.59 Å². The molecule has 1 aromatic rings. The summed E-state index contributed by atoms with van der Waals surface area (Å²) in [6, 6.07) is 6.46. The third kappa shape index (κ3) is 3.26. The second kappa shape index (κ2) is 6.73. The molecule has 1 saturated heterocycles. The summed E-state index contributed by atoms with van der Waals surface area (Å²) in [5.41, 5.74) is 3.62. The van der Waals surface area contributed by atoms with Crippen LogP contribution in [0.3, 0.4) is 0 Å². The lowest BCUT2D eigenvalue weighted by molar-refractivity contribution is -0.130. The van der Waals surface area contributed by atoms with Gasteiger partial charge in [0.1, 0.15) is 0 Å². The van der Waals surface area contributed by atoms with Gasteiger partial charge >= 0.3 is 0 Å². The Bertz CT molecular complexity index is 607. The van der Waals surface area contributed by atoms with Gasteiger partial charge in [0.2, 0.25) is 11.8 Å². The van der Waals surface area contributed by atoms with Crippen molar-refractivity contribution in [3.63, 3.8) is 0 Å². The van der Waals surface area contributed by atoms with Crippen molar-refractivity contribution in [1.29, 1.82) is 0 Å². The van der Waals surface area contributed by atoms with Gasteiger partial charge in [-0.25, -0.2) is 0 Å². The van der Waals surface area contributed by atoms with Crippen LogP contribution in [-0.4, -0.2) is 29.3 Å².